The van der Waals surface area contributed by atoms with E-state index >= 15 is 4.39 Å². The van der Waals surface area contributed by atoms with Gasteiger partial charge in [0.15, 0.2) is 0 Å². The maximum absolute atomic E-state index is 15.6. The fraction of sp³-hybridized carbons (Fsp3) is 0.400. The van der Waals surface area contributed by atoms with Gasteiger partial charge in [-0.25, -0.2) is 4.39 Å². The van der Waals surface area contributed by atoms with Gasteiger partial charge in [0.1, 0.15) is 18.9 Å². The molecule has 0 spiro atoms. The molecule has 0 radical (unpaired) electrons. The summed E-state index contributed by atoms with van der Waals surface area (Å²) in [5.74, 6) is -2.47. The zero-order valence-electron chi connectivity index (χ0n) is 24.6. The van der Waals surface area contributed by atoms with E-state index in [1.807, 2.05) is 12.1 Å². The molecule has 5 rings (SSSR count). The lowest BCUT2D eigenvalue weighted by Crippen LogP contribution is -2.42. The quantitative estimate of drug-likeness (QED) is 0.333. The number of carboxylic acid groups (broad SMARTS) is 1. The second-order valence-electron chi connectivity index (χ2n) is 11.1. The number of amides is 3. The average molecular weight is 592 g/mol. The van der Waals surface area contributed by atoms with Gasteiger partial charge in [0, 0.05) is 63.4 Å². The first-order valence-corrected chi connectivity index (χ1v) is 14.0. The topological polar surface area (TPSA) is 134 Å². The summed E-state index contributed by atoms with van der Waals surface area (Å²) < 4.78 is 18.9. The molecule has 3 amide bonds. The number of nitrogens with zero attached hydrogens (tertiary/aromatic N) is 7. The Morgan fingerprint density at radius 1 is 1.00 bits per heavy atom. The summed E-state index contributed by atoms with van der Waals surface area (Å²) in [6, 6.07) is 8.70. The number of piperidine rings is 1. The van der Waals surface area contributed by atoms with Crippen LogP contribution in [0, 0.1) is 5.82 Å². The minimum Gasteiger partial charge on any atom is -0.480 e. The molecule has 0 aliphatic carbocycles. The number of hydrogen-bond donors (Lipinski definition) is 1. The molecule has 1 fully saturated rings. The Balaban J connectivity index is 1.54. The van der Waals surface area contributed by atoms with Crippen molar-refractivity contribution >= 4 is 45.5 Å². The summed E-state index contributed by atoms with van der Waals surface area (Å²) in [6.45, 7) is 1.74. The molecule has 1 aliphatic rings. The predicted octanol–water partition coefficient (Wildman–Crippen LogP) is 2.46. The van der Waals surface area contributed by atoms with Crippen molar-refractivity contribution in [1.29, 1.82) is 0 Å². The highest BCUT2D eigenvalue weighted by Crippen LogP contribution is 2.39. The fourth-order valence-electron chi connectivity index (χ4n) is 5.69. The second kappa shape index (κ2) is 11.8. The van der Waals surface area contributed by atoms with Gasteiger partial charge in [-0.2, -0.15) is 10.2 Å². The monoisotopic (exact) mass is 591 g/mol. The Morgan fingerprint density at radius 3 is 2.37 bits per heavy atom. The first-order chi connectivity index (χ1) is 20.4. The maximum atomic E-state index is 15.6. The van der Waals surface area contributed by atoms with Crippen LogP contribution < -0.4 is 0 Å². The molecule has 1 N–H and O–H groups in total. The van der Waals surface area contributed by atoms with Gasteiger partial charge in [-0.15, -0.1) is 0 Å². The lowest BCUT2D eigenvalue weighted by Gasteiger charge is -2.30. The van der Waals surface area contributed by atoms with Crippen LogP contribution in [0.4, 0.5) is 4.39 Å². The van der Waals surface area contributed by atoms with Crippen molar-refractivity contribution in [2.75, 3.05) is 40.3 Å². The van der Waals surface area contributed by atoms with Crippen molar-refractivity contribution in [3.63, 3.8) is 0 Å². The Labute approximate surface area is 247 Å². The van der Waals surface area contributed by atoms with Gasteiger partial charge >= 0.3 is 5.97 Å². The van der Waals surface area contributed by atoms with Gasteiger partial charge < -0.3 is 19.8 Å². The number of likely N-dealkylation sites (N-methyl/N-ethyl adjacent to an activating group) is 2. The van der Waals surface area contributed by atoms with E-state index in [0.717, 1.165) is 21.5 Å². The number of fused-ring (bicyclic) bond motifs is 2. The molecular weight excluding hydrogens is 557 g/mol. The number of hydrogen-bond acceptors (Lipinski definition) is 6. The number of carbonyl (C=O) groups is 4. The van der Waals surface area contributed by atoms with Crippen LogP contribution in [0.25, 0.3) is 32.9 Å². The first kappa shape index (κ1) is 29.7. The van der Waals surface area contributed by atoms with E-state index in [-0.39, 0.29) is 24.9 Å². The number of rotatable bonds is 8. The minimum atomic E-state index is -1.15. The predicted molar refractivity (Wildman–Crippen MR) is 157 cm³/mol. The summed E-state index contributed by atoms with van der Waals surface area (Å²) in [4.78, 5) is 52.7. The molecule has 3 heterocycles. The summed E-state index contributed by atoms with van der Waals surface area (Å²) >= 11 is 0. The summed E-state index contributed by atoms with van der Waals surface area (Å²) in [5, 5.41) is 19.5. The first-order valence-electron chi connectivity index (χ1n) is 14.0. The van der Waals surface area contributed by atoms with Crippen molar-refractivity contribution in [2.24, 2.45) is 7.05 Å². The van der Waals surface area contributed by atoms with E-state index in [1.165, 1.54) is 25.1 Å². The third kappa shape index (κ3) is 5.92. The van der Waals surface area contributed by atoms with Crippen LogP contribution in [0.2, 0.25) is 0 Å². The smallest absolute Gasteiger partial charge is 0.323 e. The Bertz CT molecular complexity index is 1740. The van der Waals surface area contributed by atoms with Crippen LogP contribution in [-0.2, 0) is 32.8 Å². The highest BCUT2D eigenvalue weighted by atomic mass is 19.1. The molecule has 4 aromatic rings. The number of likely N-dealkylation sites (tertiary alicyclic amines) is 1. The van der Waals surface area contributed by atoms with Gasteiger partial charge in [-0.05, 0) is 36.6 Å². The summed E-state index contributed by atoms with van der Waals surface area (Å²) in [7, 11) is 4.63. The average Bonchev–Trinajstić information content (AvgIpc) is 3.51. The molecule has 13 heteroatoms. The summed E-state index contributed by atoms with van der Waals surface area (Å²) in [5.41, 5.74) is 3.17. The standard InChI is InChI=1S/C30H34FN7O5/c1-18(39)37-10-8-19(9-11-37)30-29-21(22-13-25-20(12-23(22)31)14-32-36(25)4)6-5-7-24(29)38(33-30)16-27(41)34(2)15-26(40)35(3)17-28(42)43/h5-7,12-14,19H,8-11,15-17H2,1-4H3,(H,42,43). The van der Waals surface area contributed by atoms with Crippen LogP contribution in [0.15, 0.2) is 36.5 Å². The normalized spacial score (nSPS) is 13.9. The van der Waals surface area contributed by atoms with Gasteiger partial charge in [0.05, 0.1) is 29.5 Å². The lowest BCUT2D eigenvalue weighted by atomic mass is 9.89. The van der Waals surface area contributed by atoms with Crippen LogP contribution in [0.3, 0.4) is 0 Å². The molecule has 226 valence electrons. The molecule has 2 aromatic carbocycles. The zero-order valence-corrected chi connectivity index (χ0v) is 24.6. The third-order valence-corrected chi connectivity index (χ3v) is 8.14. The minimum absolute atomic E-state index is 0.0123. The third-order valence-electron chi connectivity index (χ3n) is 8.14. The van der Waals surface area contributed by atoms with Gasteiger partial charge in [0.2, 0.25) is 17.7 Å². The Morgan fingerprint density at radius 2 is 1.70 bits per heavy atom. The number of carboxylic acids is 1. The molecule has 1 saturated heterocycles. The van der Waals surface area contributed by atoms with Crippen molar-refractivity contribution in [3.8, 4) is 11.1 Å². The van der Waals surface area contributed by atoms with Gasteiger partial charge in [0.25, 0.3) is 0 Å². The van der Waals surface area contributed by atoms with Gasteiger partial charge in [-0.1, -0.05) is 12.1 Å². The van der Waals surface area contributed by atoms with E-state index < -0.39 is 30.1 Å². The van der Waals surface area contributed by atoms with Crippen molar-refractivity contribution in [1.82, 2.24) is 34.3 Å². The number of aryl methyl sites for hydroxylation is 1. The van der Waals surface area contributed by atoms with Crippen LogP contribution >= 0.6 is 0 Å². The van der Waals surface area contributed by atoms with E-state index in [9.17, 15) is 19.2 Å². The molecule has 0 unspecified atom stereocenters. The molecular formula is C30H34FN7O5. The van der Waals surface area contributed by atoms with E-state index in [2.05, 4.69) is 5.10 Å². The van der Waals surface area contributed by atoms with E-state index in [1.54, 1.807) is 46.6 Å². The van der Waals surface area contributed by atoms with E-state index in [0.29, 0.717) is 48.0 Å². The van der Waals surface area contributed by atoms with Crippen molar-refractivity contribution in [2.45, 2.75) is 32.2 Å². The fourth-order valence-corrected chi connectivity index (χ4v) is 5.69. The largest absolute Gasteiger partial charge is 0.480 e. The van der Waals surface area contributed by atoms with Crippen LogP contribution in [-0.4, -0.2) is 103 Å². The molecule has 0 bridgehead atoms. The molecule has 0 saturated carbocycles. The number of halogens is 1. The maximum Gasteiger partial charge on any atom is 0.323 e. The van der Waals surface area contributed by atoms with E-state index in [4.69, 9.17) is 10.2 Å². The highest BCUT2D eigenvalue weighted by molar-refractivity contribution is 6.00. The van der Waals surface area contributed by atoms with Crippen molar-refractivity contribution < 1.29 is 28.7 Å². The molecule has 0 atom stereocenters. The lowest BCUT2D eigenvalue weighted by molar-refractivity contribution is -0.145. The number of benzene rings is 2. The Hall–Kier alpha value is -4.81. The van der Waals surface area contributed by atoms with Crippen LogP contribution in [0.5, 0.6) is 0 Å². The Kier molecular flexibility index (Phi) is 8.16. The summed E-state index contributed by atoms with van der Waals surface area (Å²) in [6.07, 6.45) is 2.95. The van der Waals surface area contributed by atoms with Gasteiger partial charge in [-0.3, -0.25) is 28.5 Å². The highest BCUT2D eigenvalue weighted by Gasteiger charge is 2.29. The zero-order chi connectivity index (χ0) is 31.0. The molecule has 12 nitrogen and oxygen atoms in total. The number of aromatic nitrogens is 4. The molecule has 2 aromatic heterocycles. The van der Waals surface area contributed by atoms with Crippen molar-refractivity contribution in [3.05, 3.63) is 48.0 Å². The molecule has 1 aliphatic heterocycles. The number of aliphatic carboxylic acids is 1. The molecule has 43 heavy (non-hydrogen) atoms. The van der Waals surface area contributed by atoms with Crippen LogP contribution in [0.1, 0.15) is 31.4 Å². The second-order valence-corrected chi connectivity index (χ2v) is 11.1. The number of carbonyl (C=O) groups excluding carboxylic acids is 3. The SMILES string of the molecule is CC(=O)N1CCC(c2nn(CC(=O)N(C)CC(=O)N(C)CC(=O)O)c3cccc(-c4cc5c(cnn5C)cc4F)c23)CC1.